The molecule has 19 nitrogen and oxygen atoms in total. The Morgan fingerprint density at radius 2 is 0.814 bits per heavy atom. The van der Waals surface area contributed by atoms with E-state index < -0.39 is 48.4 Å². The molecule has 5 rings (SSSR count). The van der Waals surface area contributed by atoms with Crippen LogP contribution in [0.1, 0.15) is 66.3 Å². The summed E-state index contributed by atoms with van der Waals surface area (Å²) in [6, 6.07) is 35.8. The predicted octanol–water partition coefficient (Wildman–Crippen LogP) is 5.86. The minimum absolute atomic E-state index is 0. The molecular formula is C47H68ClN4O15S3-. The SMILES string of the molecule is Cc1ccc(S(=O)(=O)O)cc1.Cc1ccc(S(=O)(=O)O)cc1.Cc1ccc(S(=O)(=O)O)cc1.Cl.NCCCCC(N)C(=O)O.NCCCCC(N)C(=O)OCc1ccccc1.OCc1ccccc1.[OH-]. The van der Waals surface area contributed by atoms with Gasteiger partial charge >= 0.3 is 11.9 Å². The largest absolute Gasteiger partial charge is 0.870 e. The standard InChI is InChI=1S/C13H20N2O2.3C7H8O3S.C7H8O.C6H14N2O2.ClH.H2O/c14-9-5-4-8-12(15)13(16)17-10-11-6-2-1-3-7-11;3*1-6-2-4-7(5-3-6)11(8,9)10;8-6-7-4-2-1-3-5-7;7-4-2-1-3-5(8)6(9)10;;/h1-3,6-7,12H,4-5,8-10,14-15H2;3*2-5H,1H3,(H,8,9,10);1-5,8H,6H2;5H,1-4,7-8H2,(H,9,10);1H;1H2/p-1. The van der Waals surface area contributed by atoms with Crippen molar-refractivity contribution in [3.05, 3.63) is 161 Å². The molecule has 0 aromatic heterocycles. The summed E-state index contributed by atoms with van der Waals surface area (Å²) in [4.78, 5) is 21.5. The van der Waals surface area contributed by atoms with Gasteiger partial charge in [-0.2, -0.15) is 25.3 Å². The Bertz CT molecular complexity index is 2320. The van der Waals surface area contributed by atoms with Crippen molar-refractivity contribution in [1.29, 1.82) is 0 Å². The number of benzene rings is 5. The first kappa shape index (κ1) is 69.1. The monoisotopic (exact) mass is 1060 g/mol. The molecule has 0 aliphatic carbocycles. The van der Waals surface area contributed by atoms with Crippen molar-refractivity contribution < 1.29 is 68.9 Å². The van der Waals surface area contributed by atoms with E-state index in [0.717, 1.165) is 53.5 Å². The maximum atomic E-state index is 11.5. The molecule has 2 unspecified atom stereocenters. The third-order valence-corrected chi connectivity index (χ3v) is 11.4. The fourth-order valence-electron chi connectivity index (χ4n) is 4.81. The van der Waals surface area contributed by atoms with E-state index in [-0.39, 0.29) is 51.8 Å². The second kappa shape index (κ2) is 37.6. The number of unbranched alkanes of at least 4 members (excludes halogenated alkanes) is 2. The summed E-state index contributed by atoms with van der Waals surface area (Å²) in [6.07, 6.45) is 4.54. The maximum Gasteiger partial charge on any atom is 0.323 e. The van der Waals surface area contributed by atoms with Crippen LogP contribution in [0, 0.1) is 20.8 Å². The summed E-state index contributed by atoms with van der Waals surface area (Å²) in [6.45, 7) is 7.18. The number of carbonyl (C=O) groups excluding carboxylic acids is 1. The molecule has 5 aromatic carbocycles. The van der Waals surface area contributed by atoms with Crippen molar-refractivity contribution >= 4 is 54.7 Å². The molecule has 0 bridgehead atoms. The van der Waals surface area contributed by atoms with Gasteiger partial charge in [0.05, 0.1) is 21.3 Å². The zero-order valence-electron chi connectivity index (χ0n) is 39.2. The first-order chi connectivity index (χ1) is 31.8. The molecule has 0 saturated carbocycles. The van der Waals surface area contributed by atoms with E-state index in [2.05, 4.69) is 0 Å². The number of carbonyl (C=O) groups is 2. The van der Waals surface area contributed by atoms with Gasteiger partial charge in [0.25, 0.3) is 30.4 Å². The lowest BCUT2D eigenvalue weighted by molar-refractivity contribution is -0.146. The number of aliphatic hydroxyl groups excluding tert-OH is 1. The van der Waals surface area contributed by atoms with E-state index in [1.54, 1.807) is 36.4 Å². The Balaban J connectivity index is -0.000000777. The van der Waals surface area contributed by atoms with Crippen LogP contribution >= 0.6 is 12.4 Å². The van der Waals surface area contributed by atoms with Crippen molar-refractivity contribution in [3.8, 4) is 0 Å². The summed E-state index contributed by atoms with van der Waals surface area (Å²) < 4.78 is 93.8. The van der Waals surface area contributed by atoms with Gasteiger partial charge in [0, 0.05) is 0 Å². The molecule has 0 radical (unpaired) electrons. The van der Waals surface area contributed by atoms with Crippen LogP contribution in [-0.4, -0.2) is 91.7 Å². The normalized spacial score (nSPS) is 11.2. The van der Waals surface area contributed by atoms with Crippen molar-refractivity contribution in [2.75, 3.05) is 13.1 Å². The van der Waals surface area contributed by atoms with Gasteiger partial charge < -0.3 is 43.4 Å². The number of carboxylic acids is 1. The van der Waals surface area contributed by atoms with Gasteiger partial charge in [0.2, 0.25) is 0 Å². The second-order valence-electron chi connectivity index (χ2n) is 14.7. The molecule has 70 heavy (non-hydrogen) atoms. The van der Waals surface area contributed by atoms with E-state index >= 15 is 0 Å². The number of aliphatic hydroxyl groups is 1. The van der Waals surface area contributed by atoms with Crippen LogP contribution in [0.5, 0.6) is 0 Å². The Labute approximate surface area is 418 Å². The summed E-state index contributed by atoms with van der Waals surface area (Å²) in [5.41, 5.74) is 26.3. The summed E-state index contributed by atoms with van der Waals surface area (Å²) in [5.74, 6) is -1.28. The molecule has 2 atom stereocenters. The molecule has 23 heteroatoms. The Morgan fingerprint density at radius 1 is 0.514 bits per heavy atom. The average molecular weight is 1060 g/mol. The fraction of sp³-hybridized carbons (Fsp3) is 0.319. The number of nitrogens with two attached hydrogens (primary N) is 4. The zero-order valence-corrected chi connectivity index (χ0v) is 42.5. The molecule has 14 N–H and O–H groups in total. The second-order valence-corrected chi connectivity index (χ2v) is 19.0. The van der Waals surface area contributed by atoms with Gasteiger partial charge in [-0.15, -0.1) is 12.4 Å². The average Bonchev–Trinajstić information content (AvgIpc) is 3.29. The summed E-state index contributed by atoms with van der Waals surface area (Å²) in [7, 11) is -12.1. The highest BCUT2D eigenvalue weighted by Gasteiger charge is 2.14. The molecule has 0 aliphatic rings. The molecule has 0 saturated heterocycles. The van der Waals surface area contributed by atoms with Crippen LogP contribution in [0.25, 0.3) is 0 Å². The van der Waals surface area contributed by atoms with Crippen molar-refractivity contribution in [1.82, 2.24) is 0 Å². The lowest BCUT2D eigenvalue weighted by Crippen LogP contribution is -2.32. The molecule has 0 aliphatic heterocycles. The van der Waals surface area contributed by atoms with E-state index in [1.165, 1.54) is 36.4 Å². The number of ether oxygens (including phenoxy) is 1. The number of carboxylic acid groups (broad SMARTS) is 1. The van der Waals surface area contributed by atoms with Crippen molar-refractivity contribution in [3.63, 3.8) is 0 Å². The highest BCUT2D eigenvalue weighted by atomic mass is 35.5. The van der Waals surface area contributed by atoms with Crippen LogP contribution in [0.2, 0.25) is 0 Å². The molecule has 0 fully saturated rings. The Hall–Kier alpha value is -5.18. The van der Waals surface area contributed by atoms with E-state index in [4.69, 9.17) is 51.5 Å². The van der Waals surface area contributed by atoms with E-state index in [0.29, 0.717) is 25.9 Å². The topological polar surface area (TPSA) is 381 Å². The molecule has 0 spiro atoms. The van der Waals surface area contributed by atoms with Gasteiger partial charge in [0.15, 0.2) is 0 Å². The first-order valence-corrected chi connectivity index (χ1v) is 25.3. The molecule has 0 amide bonds. The van der Waals surface area contributed by atoms with Gasteiger partial charge in [-0.05, 0) is 107 Å². The number of halogens is 1. The zero-order chi connectivity index (χ0) is 51.8. The van der Waals surface area contributed by atoms with Gasteiger partial charge in [-0.3, -0.25) is 23.2 Å². The van der Waals surface area contributed by atoms with Crippen LogP contribution < -0.4 is 22.9 Å². The summed E-state index contributed by atoms with van der Waals surface area (Å²) >= 11 is 0. The minimum Gasteiger partial charge on any atom is -0.870 e. The van der Waals surface area contributed by atoms with E-state index in [1.807, 2.05) is 81.4 Å². The highest BCUT2D eigenvalue weighted by molar-refractivity contribution is 7.86. The van der Waals surface area contributed by atoms with Gasteiger partial charge in [0.1, 0.15) is 18.7 Å². The van der Waals surface area contributed by atoms with E-state index in [9.17, 15) is 34.8 Å². The molecular weight excluding hydrogens is 992 g/mol. The first-order valence-electron chi connectivity index (χ1n) is 21.0. The lowest BCUT2D eigenvalue weighted by Gasteiger charge is -2.11. The lowest BCUT2D eigenvalue weighted by atomic mass is 10.1. The molecule has 5 aromatic rings. The van der Waals surface area contributed by atoms with Crippen LogP contribution in [0.15, 0.2) is 148 Å². The van der Waals surface area contributed by atoms with Crippen molar-refractivity contribution in [2.24, 2.45) is 22.9 Å². The van der Waals surface area contributed by atoms with Crippen LogP contribution in [0.4, 0.5) is 0 Å². The Morgan fingerprint density at radius 3 is 1.07 bits per heavy atom. The third kappa shape index (κ3) is 34.2. The summed E-state index contributed by atoms with van der Waals surface area (Å²) in [5, 5.41) is 16.9. The molecule has 392 valence electrons. The number of hydrogen-bond acceptors (Lipinski definition) is 15. The fourth-order valence-corrected chi connectivity index (χ4v) is 6.25. The van der Waals surface area contributed by atoms with Gasteiger partial charge in [-0.1, -0.05) is 127 Å². The van der Waals surface area contributed by atoms with Crippen LogP contribution in [-0.2, 0) is 57.9 Å². The number of rotatable bonds is 16. The van der Waals surface area contributed by atoms with Crippen molar-refractivity contribution in [2.45, 2.75) is 99.3 Å². The number of aliphatic carboxylic acids is 1. The predicted molar refractivity (Wildman–Crippen MR) is 270 cm³/mol. The third-order valence-electron chi connectivity index (χ3n) is 8.76. The smallest absolute Gasteiger partial charge is 0.323 e. The number of aryl methyl sites for hydroxylation is 3. The quantitative estimate of drug-likeness (QED) is 0.0317. The van der Waals surface area contributed by atoms with Crippen LogP contribution in [0.3, 0.4) is 0 Å². The number of hydrogen-bond donors (Lipinski definition) is 9. The highest BCUT2D eigenvalue weighted by Crippen LogP contribution is 2.11. The maximum absolute atomic E-state index is 11.5. The number of esters is 1. The molecule has 0 heterocycles. The Kier molecular flexibility index (Phi) is 37.1. The van der Waals surface area contributed by atoms with Gasteiger partial charge in [-0.25, -0.2) is 0 Å². The minimum atomic E-state index is -4.02.